The number of para-hydroxylation sites is 2. The van der Waals surface area contributed by atoms with Crippen LogP contribution in [0.3, 0.4) is 0 Å². The lowest BCUT2D eigenvalue weighted by atomic mass is 10.3. The topological polar surface area (TPSA) is 41.1 Å². The summed E-state index contributed by atoms with van der Waals surface area (Å²) in [6, 6.07) is 19.1. The van der Waals surface area contributed by atoms with Crippen molar-refractivity contribution in [3.05, 3.63) is 60.7 Å². The van der Waals surface area contributed by atoms with E-state index in [9.17, 15) is 4.57 Å². The quantitative estimate of drug-likeness (QED) is 0.556. The Labute approximate surface area is 124 Å². The lowest BCUT2D eigenvalue weighted by Crippen LogP contribution is -2.10. The molecular formula is C15H18ClN2OP. The molecule has 0 aliphatic carbocycles. The highest BCUT2D eigenvalue weighted by molar-refractivity contribution is 7.66. The normalized spacial score (nSPS) is 11.1. The Morgan fingerprint density at radius 2 is 1.30 bits per heavy atom. The van der Waals surface area contributed by atoms with E-state index in [1.807, 2.05) is 60.7 Å². The van der Waals surface area contributed by atoms with Gasteiger partial charge in [0, 0.05) is 23.4 Å². The molecule has 0 atom stereocenters. The minimum atomic E-state index is -2.76. The summed E-state index contributed by atoms with van der Waals surface area (Å²) in [5, 5.41) is 6.25. The van der Waals surface area contributed by atoms with Gasteiger partial charge >= 0.3 is 0 Å². The first kappa shape index (κ1) is 15.0. The Hall–Kier alpha value is -1.44. The molecule has 0 fully saturated rings. The van der Waals surface area contributed by atoms with Crippen LogP contribution >= 0.6 is 19.0 Å². The standard InChI is InChI=1S/C15H18ClN2OP/c16-12-7-13-20(19,17-14-8-3-1-4-9-14)18-15-10-5-2-6-11-15/h1-6,8-11H,7,12-13H2,(H2,17,18,19). The van der Waals surface area contributed by atoms with Crippen molar-refractivity contribution in [3.63, 3.8) is 0 Å². The summed E-state index contributed by atoms with van der Waals surface area (Å²) in [4.78, 5) is 0. The van der Waals surface area contributed by atoms with E-state index in [1.165, 1.54) is 0 Å². The molecule has 0 aromatic heterocycles. The number of benzene rings is 2. The van der Waals surface area contributed by atoms with Gasteiger partial charge in [-0.3, -0.25) is 4.57 Å². The molecular weight excluding hydrogens is 291 g/mol. The molecule has 2 N–H and O–H groups in total. The first-order valence-corrected chi connectivity index (χ1v) is 8.96. The molecule has 0 radical (unpaired) electrons. The molecule has 0 aliphatic heterocycles. The maximum absolute atomic E-state index is 13.0. The zero-order valence-electron chi connectivity index (χ0n) is 11.1. The highest BCUT2D eigenvalue weighted by atomic mass is 35.5. The summed E-state index contributed by atoms with van der Waals surface area (Å²) < 4.78 is 13.0. The van der Waals surface area contributed by atoms with Crippen LogP contribution in [0.2, 0.25) is 0 Å². The van der Waals surface area contributed by atoms with Gasteiger partial charge in [0.05, 0.1) is 0 Å². The molecule has 3 nitrogen and oxygen atoms in total. The Morgan fingerprint density at radius 1 is 0.850 bits per heavy atom. The van der Waals surface area contributed by atoms with Crippen LogP contribution in [-0.2, 0) is 4.57 Å². The lowest BCUT2D eigenvalue weighted by molar-refractivity contribution is 0.580. The molecule has 0 unspecified atom stereocenters. The Kier molecular flexibility index (Phi) is 5.51. The number of alkyl halides is 1. The van der Waals surface area contributed by atoms with Crippen LogP contribution in [0.1, 0.15) is 6.42 Å². The van der Waals surface area contributed by atoms with E-state index in [0.717, 1.165) is 11.4 Å². The second-order valence-electron chi connectivity index (χ2n) is 4.46. The fourth-order valence-corrected chi connectivity index (χ4v) is 4.20. The minimum absolute atomic E-state index is 0.497. The summed E-state index contributed by atoms with van der Waals surface area (Å²) in [6.45, 7) is 0. The van der Waals surface area contributed by atoms with Crippen LogP contribution in [0.15, 0.2) is 60.7 Å². The average molecular weight is 309 g/mol. The fourth-order valence-electron chi connectivity index (χ4n) is 1.86. The van der Waals surface area contributed by atoms with Crippen molar-refractivity contribution in [1.82, 2.24) is 0 Å². The largest absolute Gasteiger partial charge is 0.320 e. The molecule has 106 valence electrons. The molecule has 0 aliphatic rings. The second-order valence-corrected chi connectivity index (χ2v) is 7.21. The molecule has 2 aromatic carbocycles. The third-order valence-corrected chi connectivity index (χ3v) is 5.23. The van der Waals surface area contributed by atoms with Crippen molar-refractivity contribution >= 4 is 30.4 Å². The molecule has 2 aromatic rings. The van der Waals surface area contributed by atoms with Crippen LogP contribution < -0.4 is 10.2 Å². The van der Waals surface area contributed by atoms with Gasteiger partial charge in [0.25, 0.3) is 7.44 Å². The third kappa shape index (κ3) is 4.59. The molecule has 5 heteroatoms. The van der Waals surface area contributed by atoms with Gasteiger partial charge < -0.3 is 10.2 Å². The Bertz CT molecular complexity index is 517. The van der Waals surface area contributed by atoms with Crippen LogP contribution in [0.25, 0.3) is 0 Å². The molecule has 0 spiro atoms. The number of hydrogen-bond donors (Lipinski definition) is 2. The average Bonchev–Trinajstić information content (AvgIpc) is 2.47. The number of rotatable bonds is 7. The molecule has 0 saturated heterocycles. The van der Waals surface area contributed by atoms with Crippen LogP contribution in [0.5, 0.6) is 0 Å². The van der Waals surface area contributed by atoms with Crippen molar-refractivity contribution in [3.8, 4) is 0 Å². The summed E-state index contributed by atoms with van der Waals surface area (Å²) >= 11 is 5.74. The van der Waals surface area contributed by atoms with E-state index in [-0.39, 0.29) is 0 Å². The van der Waals surface area contributed by atoms with E-state index in [2.05, 4.69) is 10.2 Å². The van der Waals surface area contributed by atoms with E-state index >= 15 is 0 Å². The van der Waals surface area contributed by atoms with Gasteiger partial charge in [0.15, 0.2) is 0 Å². The van der Waals surface area contributed by atoms with E-state index in [4.69, 9.17) is 11.6 Å². The fraction of sp³-hybridized carbons (Fsp3) is 0.200. The lowest BCUT2D eigenvalue weighted by Gasteiger charge is -2.22. The van der Waals surface area contributed by atoms with Gasteiger partial charge in [-0.05, 0) is 30.7 Å². The molecule has 0 amide bonds. The smallest absolute Gasteiger partial charge is 0.258 e. The molecule has 2 rings (SSSR count). The summed E-state index contributed by atoms with van der Waals surface area (Å²) in [5.41, 5.74) is 1.68. The molecule has 0 bridgehead atoms. The Morgan fingerprint density at radius 3 is 1.70 bits per heavy atom. The third-order valence-electron chi connectivity index (χ3n) is 2.77. The number of halogens is 1. The van der Waals surface area contributed by atoms with Gasteiger partial charge in [-0.25, -0.2) is 0 Å². The SMILES string of the molecule is O=P(CCCCl)(Nc1ccccc1)Nc1ccccc1. The predicted octanol–water partition coefficient (Wildman–Crippen LogP) is 5.03. The van der Waals surface area contributed by atoms with Crippen LogP contribution in [0.4, 0.5) is 11.4 Å². The molecule has 0 saturated carbocycles. The number of anilines is 2. The summed E-state index contributed by atoms with van der Waals surface area (Å²) in [5.74, 6) is 0.497. The first-order valence-electron chi connectivity index (χ1n) is 6.53. The zero-order valence-corrected chi connectivity index (χ0v) is 12.8. The number of nitrogens with one attached hydrogen (secondary N) is 2. The Balaban J connectivity index is 2.15. The summed E-state index contributed by atoms with van der Waals surface area (Å²) in [7, 11) is -2.76. The monoisotopic (exact) mass is 308 g/mol. The predicted molar refractivity (Wildman–Crippen MR) is 87.9 cm³/mol. The van der Waals surface area contributed by atoms with Crippen molar-refractivity contribution < 1.29 is 4.57 Å². The first-order chi connectivity index (χ1) is 9.72. The minimum Gasteiger partial charge on any atom is -0.320 e. The van der Waals surface area contributed by atoms with Gasteiger partial charge in [0.2, 0.25) is 0 Å². The zero-order chi connectivity index (χ0) is 14.3. The van der Waals surface area contributed by atoms with E-state index in [0.29, 0.717) is 18.5 Å². The number of hydrogen-bond acceptors (Lipinski definition) is 1. The summed E-state index contributed by atoms with van der Waals surface area (Å²) in [6.07, 6.45) is 1.19. The van der Waals surface area contributed by atoms with Gasteiger partial charge in [-0.15, -0.1) is 11.6 Å². The molecule has 20 heavy (non-hydrogen) atoms. The van der Waals surface area contributed by atoms with E-state index < -0.39 is 7.44 Å². The second kappa shape index (κ2) is 7.37. The highest BCUT2D eigenvalue weighted by Crippen LogP contribution is 2.45. The van der Waals surface area contributed by atoms with E-state index in [1.54, 1.807) is 0 Å². The van der Waals surface area contributed by atoms with Crippen LogP contribution in [-0.4, -0.2) is 12.0 Å². The van der Waals surface area contributed by atoms with Crippen molar-refractivity contribution in [1.29, 1.82) is 0 Å². The van der Waals surface area contributed by atoms with Gasteiger partial charge in [0.1, 0.15) is 0 Å². The van der Waals surface area contributed by atoms with Gasteiger partial charge in [-0.2, -0.15) is 0 Å². The maximum atomic E-state index is 13.0. The van der Waals surface area contributed by atoms with Crippen molar-refractivity contribution in [2.75, 3.05) is 22.2 Å². The van der Waals surface area contributed by atoms with Gasteiger partial charge in [-0.1, -0.05) is 36.4 Å². The highest BCUT2D eigenvalue weighted by Gasteiger charge is 2.21. The molecule has 0 heterocycles. The van der Waals surface area contributed by atoms with Crippen molar-refractivity contribution in [2.45, 2.75) is 6.42 Å². The van der Waals surface area contributed by atoms with Crippen LogP contribution in [0, 0.1) is 0 Å². The maximum Gasteiger partial charge on any atom is 0.258 e. The van der Waals surface area contributed by atoms with Crippen molar-refractivity contribution in [2.24, 2.45) is 0 Å².